The Bertz CT molecular complexity index is 110. The summed E-state index contributed by atoms with van der Waals surface area (Å²) in [7, 11) is 0. The molecule has 12 heavy (non-hydrogen) atoms. The second-order valence-corrected chi connectivity index (χ2v) is 4.03. The maximum atomic E-state index is 2.73. The summed E-state index contributed by atoms with van der Waals surface area (Å²) in [5, 5.41) is 0. The Hall–Kier alpha value is -0.0400. The van der Waals surface area contributed by atoms with Crippen LogP contribution in [0.4, 0.5) is 0 Å². The van der Waals surface area contributed by atoms with Crippen LogP contribution in [-0.2, 0) is 0 Å². The second-order valence-electron chi connectivity index (χ2n) is 4.03. The number of hydrogen-bond donors (Lipinski definition) is 0. The zero-order chi connectivity index (χ0) is 7.52. The van der Waals surface area contributed by atoms with E-state index < -0.39 is 0 Å². The standard InChI is InChI=1S/C10H19N.CH4/c1-4-8-11(9-5-1)10-6-2-3-7-10;/h10H,1-9H2;1H4. The van der Waals surface area contributed by atoms with Crippen molar-refractivity contribution in [3.63, 3.8) is 0 Å². The van der Waals surface area contributed by atoms with E-state index in [-0.39, 0.29) is 7.43 Å². The van der Waals surface area contributed by atoms with Gasteiger partial charge in [0.1, 0.15) is 0 Å². The molecule has 1 aliphatic carbocycles. The van der Waals surface area contributed by atoms with E-state index in [1.807, 2.05) is 0 Å². The van der Waals surface area contributed by atoms with Crippen LogP contribution in [0.25, 0.3) is 0 Å². The van der Waals surface area contributed by atoms with E-state index in [9.17, 15) is 0 Å². The van der Waals surface area contributed by atoms with Crippen LogP contribution in [0.3, 0.4) is 0 Å². The maximum absolute atomic E-state index is 2.73. The second kappa shape index (κ2) is 4.86. The molecule has 0 radical (unpaired) electrons. The predicted octanol–water partition coefficient (Wildman–Crippen LogP) is 3.05. The van der Waals surface area contributed by atoms with Crippen LogP contribution >= 0.6 is 0 Å². The van der Waals surface area contributed by atoms with Gasteiger partial charge < -0.3 is 4.90 Å². The average molecular weight is 169 g/mol. The van der Waals surface area contributed by atoms with Crippen LogP contribution in [0.2, 0.25) is 0 Å². The number of piperidine rings is 1. The van der Waals surface area contributed by atoms with Crippen LogP contribution in [-0.4, -0.2) is 24.0 Å². The average Bonchev–Trinajstić information content (AvgIpc) is 2.58. The summed E-state index contributed by atoms with van der Waals surface area (Å²) in [5.41, 5.74) is 0. The number of rotatable bonds is 1. The SMILES string of the molecule is C.C1CCN(C2CCCC2)CC1. The zero-order valence-electron chi connectivity index (χ0n) is 7.39. The van der Waals surface area contributed by atoms with Gasteiger partial charge in [0, 0.05) is 6.04 Å². The van der Waals surface area contributed by atoms with Crippen molar-refractivity contribution in [2.24, 2.45) is 0 Å². The van der Waals surface area contributed by atoms with Crippen LogP contribution < -0.4 is 0 Å². The van der Waals surface area contributed by atoms with E-state index in [1.165, 1.54) is 58.0 Å². The monoisotopic (exact) mass is 169 g/mol. The van der Waals surface area contributed by atoms with Crippen molar-refractivity contribution in [2.45, 2.75) is 58.4 Å². The van der Waals surface area contributed by atoms with E-state index in [2.05, 4.69) is 4.90 Å². The molecule has 2 rings (SSSR count). The molecule has 0 bridgehead atoms. The first-order valence-electron chi connectivity index (χ1n) is 5.21. The van der Waals surface area contributed by atoms with Crippen molar-refractivity contribution in [3.05, 3.63) is 0 Å². The topological polar surface area (TPSA) is 3.24 Å². The quantitative estimate of drug-likeness (QED) is 0.583. The van der Waals surface area contributed by atoms with Crippen LogP contribution in [0.1, 0.15) is 52.4 Å². The van der Waals surface area contributed by atoms with Crippen molar-refractivity contribution >= 4 is 0 Å². The minimum atomic E-state index is 0. The molecule has 2 aliphatic rings. The summed E-state index contributed by atoms with van der Waals surface area (Å²) in [6.07, 6.45) is 10.3. The normalized spacial score (nSPS) is 27.0. The molecule has 0 amide bonds. The lowest BCUT2D eigenvalue weighted by molar-refractivity contribution is 0.165. The van der Waals surface area contributed by atoms with Crippen LogP contribution in [0, 0.1) is 0 Å². The molecule has 1 saturated heterocycles. The van der Waals surface area contributed by atoms with Gasteiger partial charge >= 0.3 is 0 Å². The van der Waals surface area contributed by atoms with Gasteiger partial charge in [0.25, 0.3) is 0 Å². The lowest BCUT2D eigenvalue weighted by atomic mass is 10.1. The molecule has 72 valence electrons. The van der Waals surface area contributed by atoms with E-state index in [1.54, 1.807) is 0 Å². The third-order valence-electron chi connectivity index (χ3n) is 3.23. The first-order chi connectivity index (χ1) is 5.47. The highest BCUT2D eigenvalue weighted by Gasteiger charge is 2.23. The van der Waals surface area contributed by atoms with Gasteiger partial charge in [-0.05, 0) is 38.8 Å². The first kappa shape index (κ1) is 10.0. The van der Waals surface area contributed by atoms with Gasteiger partial charge in [-0.2, -0.15) is 0 Å². The van der Waals surface area contributed by atoms with E-state index in [0.717, 1.165) is 6.04 Å². The molecule has 0 atom stereocenters. The fraction of sp³-hybridized carbons (Fsp3) is 1.00. The molecule has 0 N–H and O–H groups in total. The minimum absolute atomic E-state index is 0. The van der Waals surface area contributed by atoms with Gasteiger partial charge in [0.2, 0.25) is 0 Å². The highest BCUT2D eigenvalue weighted by Crippen LogP contribution is 2.25. The zero-order valence-corrected chi connectivity index (χ0v) is 7.39. The van der Waals surface area contributed by atoms with E-state index in [0.29, 0.717) is 0 Å². The van der Waals surface area contributed by atoms with Crippen molar-refractivity contribution in [1.82, 2.24) is 4.90 Å². The molecule has 0 aromatic rings. The van der Waals surface area contributed by atoms with Crippen molar-refractivity contribution in [3.8, 4) is 0 Å². The Morgan fingerprint density at radius 2 is 1.33 bits per heavy atom. The lowest BCUT2D eigenvalue weighted by Crippen LogP contribution is -2.37. The fourth-order valence-corrected chi connectivity index (χ4v) is 2.55. The molecular weight excluding hydrogens is 146 g/mol. The van der Waals surface area contributed by atoms with Gasteiger partial charge in [0.05, 0.1) is 0 Å². The molecule has 0 spiro atoms. The van der Waals surface area contributed by atoms with Crippen molar-refractivity contribution in [1.29, 1.82) is 0 Å². The third-order valence-corrected chi connectivity index (χ3v) is 3.23. The smallest absolute Gasteiger partial charge is 0.00952 e. The summed E-state index contributed by atoms with van der Waals surface area (Å²) in [5.74, 6) is 0. The number of hydrogen-bond acceptors (Lipinski definition) is 1. The molecule has 1 heterocycles. The molecule has 1 heteroatoms. The lowest BCUT2D eigenvalue weighted by Gasteiger charge is -2.31. The molecule has 0 aromatic heterocycles. The van der Waals surface area contributed by atoms with Crippen LogP contribution in [0.15, 0.2) is 0 Å². The largest absolute Gasteiger partial charge is 0.300 e. The Labute approximate surface area is 77.1 Å². The highest BCUT2D eigenvalue weighted by atomic mass is 15.2. The summed E-state index contributed by atoms with van der Waals surface area (Å²) in [6.45, 7) is 2.79. The van der Waals surface area contributed by atoms with Gasteiger partial charge in [0.15, 0.2) is 0 Å². The Kier molecular flexibility index (Phi) is 4.07. The summed E-state index contributed by atoms with van der Waals surface area (Å²) < 4.78 is 0. The predicted molar refractivity (Wildman–Crippen MR) is 54.4 cm³/mol. The number of nitrogens with zero attached hydrogens (tertiary/aromatic N) is 1. The first-order valence-corrected chi connectivity index (χ1v) is 5.21. The number of likely N-dealkylation sites (tertiary alicyclic amines) is 1. The van der Waals surface area contributed by atoms with Gasteiger partial charge in [-0.15, -0.1) is 0 Å². The molecular formula is C11H23N. The van der Waals surface area contributed by atoms with Crippen molar-refractivity contribution < 1.29 is 0 Å². The molecule has 1 nitrogen and oxygen atoms in total. The molecule has 2 fully saturated rings. The summed E-state index contributed by atoms with van der Waals surface area (Å²) in [4.78, 5) is 2.73. The molecule has 0 unspecified atom stereocenters. The highest BCUT2D eigenvalue weighted by molar-refractivity contribution is 4.79. The fourth-order valence-electron chi connectivity index (χ4n) is 2.55. The van der Waals surface area contributed by atoms with Gasteiger partial charge in [-0.1, -0.05) is 26.7 Å². The van der Waals surface area contributed by atoms with E-state index in [4.69, 9.17) is 0 Å². The summed E-state index contributed by atoms with van der Waals surface area (Å²) in [6, 6.07) is 0.982. The molecule has 1 aliphatic heterocycles. The molecule has 1 saturated carbocycles. The Balaban J connectivity index is 0.000000720. The third kappa shape index (κ3) is 2.22. The summed E-state index contributed by atoms with van der Waals surface area (Å²) >= 11 is 0. The Morgan fingerprint density at radius 3 is 1.92 bits per heavy atom. The van der Waals surface area contributed by atoms with Crippen LogP contribution in [0.5, 0.6) is 0 Å². The van der Waals surface area contributed by atoms with E-state index >= 15 is 0 Å². The van der Waals surface area contributed by atoms with Gasteiger partial charge in [-0.25, -0.2) is 0 Å². The van der Waals surface area contributed by atoms with Crippen molar-refractivity contribution in [2.75, 3.05) is 13.1 Å². The molecule has 0 aromatic carbocycles. The minimum Gasteiger partial charge on any atom is -0.300 e. The maximum Gasteiger partial charge on any atom is 0.00952 e. The van der Waals surface area contributed by atoms with Gasteiger partial charge in [-0.3, -0.25) is 0 Å². The Morgan fingerprint density at radius 1 is 0.750 bits per heavy atom.